The van der Waals surface area contributed by atoms with Crippen LogP contribution in [0.2, 0.25) is 0 Å². The molecule has 0 bridgehead atoms. The lowest BCUT2D eigenvalue weighted by Gasteiger charge is -2.35. The van der Waals surface area contributed by atoms with Crippen molar-refractivity contribution in [3.8, 4) is 0 Å². The van der Waals surface area contributed by atoms with Crippen LogP contribution in [0.4, 0.5) is 5.69 Å². The third kappa shape index (κ3) is 3.73. The van der Waals surface area contributed by atoms with Gasteiger partial charge < -0.3 is 20.3 Å². The van der Waals surface area contributed by atoms with E-state index in [0.717, 1.165) is 11.3 Å². The zero-order chi connectivity index (χ0) is 17.9. The third-order valence-corrected chi connectivity index (χ3v) is 4.21. The summed E-state index contributed by atoms with van der Waals surface area (Å²) in [5.74, 6) is -0.503. The van der Waals surface area contributed by atoms with Crippen molar-refractivity contribution in [2.45, 2.75) is 26.8 Å². The van der Waals surface area contributed by atoms with Crippen LogP contribution in [0.15, 0.2) is 35.5 Å². The molecule has 0 aromatic heterocycles. The molecule has 0 radical (unpaired) electrons. The molecule has 24 heavy (non-hydrogen) atoms. The number of rotatable bonds is 4. The van der Waals surface area contributed by atoms with Gasteiger partial charge in [-0.2, -0.15) is 0 Å². The van der Waals surface area contributed by atoms with Crippen LogP contribution in [0.25, 0.3) is 0 Å². The molecule has 1 aliphatic rings. The first kappa shape index (κ1) is 17.9. The molecule has 1 atom stereocenters. The van der Waals surface area contributed by atoms with Gasteiger partial charge in [0.05, 0.1) is 18.2 Å². The summed E-state index contributed by atoms with van der Waals surface area (Å²) in [6, 6.07) is 6.89. The van der Waals surface area contributed by atoms with Crippen LogP contribution in [0.3, 0.4) is 0 Å². The quantitative estimate of drug-likeness (QED) is 0.644. The molecule has 1 aromatic rings. The maximum Gasteiger partial charge on any atom is 0.338 e. The Morgan fingerprint density at radius 1 is 1.33 bits per heavy atom. The van der Waals surface area contributed by atoms with Crippen LogP contribution in [-0.2, 0) is 14.3 Å². The Hall–Kier alpha value is -2.41. The maximum atomic E-state index is 12.4. The molecule has 1 amide bonds. The fourth-order valence-electron chi connectivity index (χ4n) is 2.52. The molecule has 2 rings (SSSR count). The van der Waals surface area contributed by atoms with Crippen molar-refractivity contribution >= 4 is 34.9 Å². The van der Waals surface area contributed by atoms with Gasteiger partial charge in [-0.15, -0.1) is 0 Å². The third-order valence-electron chi connectivity index (χ3n) is 3.81. The summed E-state index contributed by atoms with van der Waals surface area (Å²) in [6.45, 7) is 5.38. The van der Waals surface area contributed by atoms with Gasteiger partial charge >= 0.3 is 5.97 Å². The summed E-state index contributed by atoms with van der Waals surface area (Å²) < 4.78 is 5.20. The lowest BCUT2D eigenvalue weighted by atomic mass is 9.95. The van der Waals surface area contributed by atoms with Crippen molar-refractivity contribution < 1.29 is 14.3 Å². The molecule has 1 aliphatic heterocycles. The van der Waals surface area contributed by atoms with Crippen molar-refractivity contribution in [2.75, 3.05) is 19.0 Å². The van der Waals surface area contributed by atoms with Crippen molar-refractivity contribution in [3.05, 3.63) is 41.1 Å². The van der Waals surface area contributed by atoms with Gasteiger partial charge in [-0.1, -0.05) is 12.1 Å². The van der Waals surface area contributed by atoms with Gasteiger partial charge in [0.2, 0.25) is 5.91 Å². The molecule has 6 nitrogen and oxygen atoms in total. The van der Waals surface area contributed by atoms with E-state index in [1.807, 2.05) is 19.1 Å². The SMILES string of the molecule is CCOC(=O)C1=C(C)N(C)C(=S)NC1c1ccc(NC(C)=O)cc1. The molecule has 0 fully saturated rings. The molecule has 1 aromatic carbocycles. The second kappa shape index (κ2) is 7.44. The number of carbonyl (C=O) groups is 2. The minimum absolute atomic E-state index is 0.135. The van der Waals surface area contributed by atoms with Crippen LogP contribution in [0.1, 0.15) is 32.4 Å². The van der Waals surface area contributed by atoms with Crippen LogP contribution < -0.4 is 10.6 Å². The highest BCUT2D eigenvalue weighted by Gasteiger charge is 2.33. The van der Waals surface area contributed by atoms with E-state index in [2.05, 4.69) is 10.6 Å². The fourth-order valence-corrected chi connectivity index (χ4v) is 2.78. The first-order valence-corrected chi connectivity index (χ1v) is 8.05. The average Bonchev–Trinajstić information content (AvgIpc) is 2.52. The second-order valence-electron chi connectivity index (χ2n) is 5.46. The number of thiocarbonyl (C=S) groups is 1. The van der Waals surface area contributed by atoms with Crippen molar-refractivity contribution in [3.63, 3.8) is 0 Å². The average molecular weight is 347 g/mol. The zero-order valence-corrected chi connectivity index (χ0v) is 15.0. The van der Waals surface area contributed by atoms with Crippen molar-refractivity contribution in [2.24, 2.45) is 0 Å². The molecule has 0 saturated heterocycles. The summed E-state index contributed by atoms with van der Waals surface area (Å²) >= 11 is 5.34. The van der Waals surface area contributed by atoms with Crippen LogP contribution in [0.5, 0.6) is 0 Å². The highest BCUT2D eigenvalue weighted by Crippen LogP contribution is 2.31. The topological polar surface area (TPSA) is 70.7 Å². The largest absolute Gasteiger partial charge is 0.463 e. The predicted octanol–water partition coefficient (Wildman–Crippen LogP) is 2.34. The highest BCUT2D eigenvalue weighted by molar-refractivity contribution is 7.80. The summed E-state index contributed by atoms with van der Waals surface area (Å²) in [5, 5.41) is 6.43. The summed E-state index contributed by atoms with van der Waals surface area (Å²) in [7, 11) is 1.81. The van der Waals surface area contributed by atoms with E-state index < -0.39 is 0 Å². The number of hydrogen-bond donors (Lipinski definition) is 2. The number of hydrogen-bond acceptors (Lipinski definition) is 4. The molecular formula is C17H21N3O3S. The lowest BCUT2D eigenvalue weighted by Crippen LogP contribution is -2.46. The molecule has 1 unspecified atom stereocenters. The molecular weight excluding hydrogens is 326 g/mol. The van der Waals surface area contributed by atoms with Crippen LogP contribution in [0, 0.1) is 0 Å². The minimum atomic E-state index is -0.390. The molecule has 0 aliphatic carbocycles. The molecule has 7 heteroatoms. The molecule has 128 valence electrons. The maximum absolute atomic E-state index is 12.4. The summed E-state index contributed by atoms with van der Waals surface area (Å²) in [5.41, 5.74) is 2.84. The van der Waals surface area contributed by atoms with E-state index in [1.54, 1.807) is 31.0 Å². The number of carbonyl (C=O) groups excluding carboxylic acids is 2. The number of esters is 1. The Kier molecular flexibility index (Phi) is 5.56. The summed E-state index contributed by atoms with van der Waals surface area (Å²) in [6.07, 6.45) is 0. The molecule has 1 heterocycles. The number of anilines is 1. The number of amides is 1. The normalized spacial score (nSPS) is 17.4. The molecule has 2 N–H and O–H groups in total. The van der Waals surface area contributed by atoms with Crippen molar-refractivity contribution in [1.29, 1.82) is 0 Å². The number of benzene rings is 1. The van der Waals surface area contributed by atoms with Crippen LogP contribution >= 0.6 is 12.2 Å². The zero-order valence-electron chi connectivity index (χ0n) is 14.2. The standard InChI is InChI=1S/C17H21N3O3S/c1-5-23-16(22)14-10(2)20(4)17(24)19-15(14)12-6-8-13(9-7-12)18-11(3)21/h6-9,15H,5H2,1-4H3,(H,18,21)(H,19,24). The van der Waals surface area contributed by atoms with Gasteiger partial charge in [0.25, 0.3) is 0 Å². The first-order chi connectivity index (χ1) is 11.3. The van der Waals surface area contributed by atoms with Gasteiger partial charge in [0, 0.05) is 25.4 Å². The smallest absolute Gasteiger partial charge is 0.338 e. The minimum Gasteiger partial charge on any atom is -0.463 e. The van der Waals surface area contributed by atoms with Gasteiger partial charge in [0.1, 0.15) is 0 Å². The van der Waals surface area contributed by atoms with E-state index in [4.69, 9.17) is 17.0 Å². The van der Waals surface area contributed by atoms with E-state index in [0.29, 0.717) is 23.0 Å². The second-order valence-corrected chi connectivity index (χ2v) is 5.85. The molecule has 0 spiro atoms. The Morgan fingerprint density at radius 2 is 1.96 bits per heavy atom. The fraction of sp³-hybridized carbons (Fsp3) is 0.353. The van der Waals surface area contributed by atoms with Gasteiger partial charge in [0.15, 0.2) is 5.11 Å². The van der Waals surface area contributed by atoms with Crippen LogP contribution in [-0.4, -0.2) is 35.5 Å². The Bertz CT molecular complexity index is 698. The van der Waals surface area contributed by atoms with E-state index >= 15 is 0 Å². The number of nitrogens with zero attached hydrogens (tertiary/aromatic N) is 1. The Labute approximate surface area is 146 Å². The highest BCUT2D eigenvalue weighted by atomic mass is 32.1. The van der Waals surface area contributed by atoms with E-state index in [9.17, 15) is 9.59 Å². The first-order valence-electron chi connectivity index (χ1n) is 7.64. The van der Waals surface area contributed by atoms with E-state index in [1.165, 1.54) is 6.92 Å². The van der Waals surface area contributed by atoms with E-state index in [-0.39, 0.29) is 17.9 Å². The van der Waals surface area contributed by atoms with Crippen molar-refractivity contribution in [1.82, 2.24) is 10.2 Å². The number of ether oxygens (including phenoxy) is 1. The van der Waals surface area contributed by atoms with Gasteiger partial charge in [-0.25, -0.2) is 4.79 Å². The van der Waals surface area contributed by atoms with Gasteiger partial charge in [-0.05, 0) is 43.8 Å². The number of nitrogens with one attached hydrogen (secondary N) is 2. The van der Waals surface area contributed by atoms with Gasteiger partial charge in [-0.3, -0.25) is 4.79 Å². The monoisotopic (exact) mass is 347 g/mol. The molecule has 0 saturated carbocycles. The Balaban J connectivity index is 2.40. The lowest BCUT2D eigenvalue weighted by molar-refractivity contribution is -0.139. The Morgan fingerprint density at radius 3 is 2.50 bits per heavy atom. The predicted molar refractivity (Wildman–Crippen MR) is 96.3 cm³/mol. The number of allylic oxidation sites excluding steroid dienone is 1. The summed E-state index contributed by atoms with van der Waals surface area (Å²) in [4.78, 5) is 25.3.